The summed E-state index contributed by atoms with van der Waals surface area (Å²) in [6.45, 7) is 1.98. The number of fused-ring (bicyclic) bond motifs is 1. The number of benzene rings is 3. The molecule has 8 heteroatoms. The highest BCUT2D eigenvalue weighted by atomic mass is 35.5. The van der Waals surface area contributed by atoms with Crippen LogP contribution in [0.4, 0.5) is 4.39 Å². The van der Waals surface area contributed by atoms with E-state index in [9.17, 15) is 9.18 Å². The number of rotatable bonds is 7. The molecule has 0 N–H and O–H groups in total. The van der Waals surface area contributed by atoms with Gasteiger partial charge in [0.1, 0.15) is 16.4 Å². The van der Waals surface area contributed by atoms with E-state index >= 15 is 0 Å². The van der Waals surface area contributed by atoms with Crippen LogP contribution in [0.25, 0.3) is 28.0 Å². The maximum atomic E-state index is 13.8. The van der Waals surface area contributed by atoms with Crippen molar-refractivity contribution >= 4 is 35.0 Å². The fourth-order valence-corrected chi connectivity index (χ4v) is 5.13. The summed E-state index contributed by atoms with van der Waals surface area (Å²) in [6, 6.07) is 23.5. The summed E-state index contributed by atoms with van der Waals surface area (Å²) in [5, 5.41) is 5.87. The van der Waals surface area contributed by atoms with Crippen molar-refractivity contribution in [3.63, 3.8) is 0 Å². The summed E-state index contributed by atoms with van der Waals surface area (Å²) in [7, 11) is 0. The fraction of sp³-hybridized carbons (Fsp3) is 0.107. The molecule has 5 aromatic rings. The van der Waals surface area contributed by atoms with Gasteiger partial charge in [0.15, 0.2) is 5.65 Å². The molecule has 0 bridgehead atoms. The molecule has 0 amide bonds. The lowest BCUT2D eigenvalue weighted by atomic mass is 10.0. The van der Waals surface area contributed by atoms with Crippen molar-refractivity contribution in [1.82, 2.24) is 14.6 Å². The van der Waals surface area contributed by atoms with E-state index in [0.717, 1.165) is 11.1 Å². The molecule has 2 aromatic heterocycles. The molecule has 2 heterocycles. The van der Waals surface area contributed by atoms with E-state index in [0.29, 0.717) is 43.8 Å². The van der Waals surface area contributed by atoms with Crippen LogP contribution in [0.1, 0.15) is 22.8 Å². The summed E-state index contributed by atoms with van der Waals surface area (Å²) in [5.41, 5.74) is 4.56. The van der Waals surface area contributed by atoms with Crippen LogP contribution in [0.15, 0.2) is 90.1 Å². The van der Waals surface area contributed by atoms with Gasteiger partial charge in [0.2, 0.25) is 0 Å². The minimum absolute atomic E-state index is 0.224. The molecule has 0 aliphatic rings. The number of carbonyl (C=O) groups is 1. The fourth-order valence-electron chi connectivity index (χ4n) is 3.94. The molecule has 0 saturated heterocycles. The van der Waals surface area contributed by atoms with Gasteiger partial charge in [-0.15, -0.1) is 0 Å². The Kier molecular flexibility index (Phi) is 7.02. The van der Waals surface area contributed by atoms with Gasteiger partial charge in [-0.3, -0.25) is 0 Å². The van der Waals surface area contributed by atoms with Crippen LogP contribution >= 0.6 is 23.4 Å². The average Bonchev–Trinajstić information content (AvgIpc) is 3.27. The summed E-state index contributed by atoms with van der Waals surface area (Å²) < 4.78 is 20.8. The minimum Gasteiger partial charge on any atom is -0.462 e. The SMILES string of the molecule is CCOC(=O)c1c(SCc2ccccc2)nn2c(-c3ccc(F)cc3)c(-c3ccccc3Cl)cnc12. The maximum Gasteiger partial charge on any atom is 0.344 e. The summed E-state index contributed by atoms with van der Waals surface area (Å²) in [4.78, 5) is 17.7. The zero-order chi connectivity index (χ0) is 25.1. The van der Waals surface area contributed by atoms with Gasteiger partial charge in [-0.2, -0.15) is 5.10 Å². The largest absolute Gasteiger partial charge is 0.462 e. The van der Waals surface area contributed by atoms with Gasteiger partial charge in [-0.25, -0.2) is 18.7 Å². The first-order valence-corrected chi connectivity index (χ1v) is 12.7. The Morgan fingerprint density at radius 2 is 1.72 bits per heavy atom. The number of hydrogen-bond acceptors (Lipinski definition) is 5. The first-order valence-electron chi connectivity index (χ1n) is 11.3. The molecule has 0 fully saturated rings. The Morgan fingerprint density at radius 1 is 1.00 bits per heavy atom. The average molecular weight is 518 g/mol. The molecular formula is C28H21ClFN3O2S. The van der Waals surface area contributed by atoms with Crippen LogP contribution in [0, 0.1) is 5.82 Å². The number of aromatic nitrogens is 3. The third-order valence-electron chi connectivity index (χ3n) is 5.59. The first-order chi connectivity index (χ1) is 17.6. The number of nitrogens with zero attached hydrogens (tertiary/aromatic N) is 3. The number of esters is 1. The molecule has 0 atom stereocenters. The van der Waals surface area contributed by atoms with E-state index in [-0.39, 0.29) is 12.4 Å². The van der Waals surface area contributed by atoms with E-state index in [4.69, 9.17) is 21.4 Å². The van der Waals surface area contributed by atoms with Gasteiger partial charge < -0.3 is 4.74 Å². The van der Waals surface area contributed by atoms with Gasteiger partial charge in [0, 0.05) is 33.7 Å². The van der Waals surface area contributed by atoms with Crippen LogP contribution in [-0.4, -0.2) is 27.2 Å². The molecule has 0 unspecified atom stereocenters. The molecule has 5 nitrogen and oxygen atoms in total. The van der Waals surface area contributed by atoms with Gasteiger partial charge in [-0.05, 0) is 42.8 Å². The normalized spacial score (nSPS) is 11.1. The van der Waals surface area contributed by atoms with Crippen LogP contribution < -0.4 is 0 Å². The molecule has 0 saturated carbocycles. The first kappa shape index (κ1) is 24.0. The van der Waals surface area contributed by atoms with E-state index in [1.807, 2.05) is 48.5 Å². The molecule has 0 aliphatic heterocycles. The molecule has 0 radical (unpaired) electrons. The number of ether oxygens (including phenoxy) is 1. The zero-order valence-electron chi connectivity index (χ0n) is 19.3. The molecule has 36 heavy (non-hydrogen) atoms. The Balaban J connectivity index is 1.75. The molecule has 0 aliphatic carbocycles. The zero-order valence-corrected chi connectivity index (χ0v) is 20.9. The Hall–Kier alpha value is -3.68. The van der Waals surface area contributed by atoms with Crippen LogP contribution in [0.3, 0.4) is 0 Å². The van der Waals surface area contributed by atoms with Gasteiger partial charge >= 0.3 is 5.97 Å². The van der Waals surface area contributed by atoms with Crippen LogP contribution in [0.2, 0.25) is 5.02 Å². The standard InChI is InChI=1S/C28H21ClFN3O2S/c1-2-35-28(34)24-26-31-16-22(21-10-6-7-11-23(21)29)25(19-12-14-20(30)15-13-19)33(26)32-27(24)36-17-18-8-4-3-5-9-18/h3-16H,2,17H2,1H3. The number of thioether (sulfide) groups is 1. The predicted molar refractivity (Wildman–Crippen MR) is 141 cm³/mol. The van der Waals surface area contributed by atoms with Crippen molar-refractivity contribution in [2.75, 3.05) is 6.61 Å². The highest BCUT2D eigenvalue weighted by Gasteiger charge is 2.26. The van der Waals surface area contributed by atoms with Crippen LogP contribution in [0.5, 0.6) is 0 Å². The Morgan fingerprint density at radius 3 is 2.44 bits per heavy atom. The van der Waals surface area contributed by atoms with Crippen molar-refractivity contribution in [2.24, 2.45) is 0 Å². The molecule has 5 rings (SSSR count). The Bertz CT molecular complexity index is 1540. The highest BCUT2D eigenvalue weighted by molar-refractivity contribution is 7.98. The summed E-state index contributed by atoms with van der Waals surface area (Å²) in [5.74, 6) is -0.235. The van der Waals surface area contributed by atoms with E-state index < -0.39 is 5.97 Å². The van der Waals surface area contributed by atoms with E-state index in [1.165, 1.54) is 23.9 Å². The van der Waals surface area contributed by atoms with Crippen molar-refractivity contribution in [2.45, 2.75) is 17.7 Å². The minimum atomic E-state index is -0.494. The monoisotopic (exact) mass is 517 g/mol. The lowest BCUT2D eigenvalue weighted by Crippen LogP contribution is -2.07. The Labute approximate surface area is 216 Å². The smallest absolute Gasteiger partial charge is 0.344 e. The van der Waals surface area contributed by atoms with E-state index in [2.05, 4.69) is 4.98 Å². The topological polar surface area (TPSA) is 56.5 Å². The second kappa shape index (κ2) is 10.5. The predicted octanol–water partition coefficient (Wildman–Crippen LogP) is 7.32. The highest BCUT2D eigenvalue weighted by Crippen LogP contribution is 2.38. The van der Waals surface area contributed by atoms with Crippen molar-refractivity contribution in [1.29, 1.82) is 0 Å². The van der Waals surface area contributed by atoms with Gasteiger partial charge in [-0.1, -0.05) is 71.9 Å². The molecule has 3 aromatic carbocycles. The van der Waals surface area contributed by atoms with Crippen molar-refractivity contribution in [3.8, 4) is 22.4 Å². The summed E-state index contributed by atoms with van der Waals surface area (Å²) >= 11 is 7.98. The maximum absolute atomic E-state index is 13.8. The van der Waals surface area contributed by atoms with E-state index in [1.54, 1.807) is 35.8 Å². The number of carbonyl (C=O) groups excluding carboxylic acids is 1. The summed E-state index contributed by atoms with van der Waals surface area (Å²) in [6.07, 6.45) is 1.67. The second-order valence-electron chi connectivity index (χ2n) is 7.92. The third-order valence-corrected chi connectivity index (χ3v) is 6.96. The second-order valence-corrected chi connectivity index (χ2v) is 9.29. The molecule has 0 spiro atoms. The number of hydrogen-bond donors (Lipinski definition) is 0. The van der Waals surface area contributed by atoms with Crippen molar-refractivity contribution in [3.05, 3.63) is 107 Å². The third kappa shape index (κ3) is 4.72. The molecule has 180 valence electrons. The van der Waals surface area contributed by atoms with Gasteiger partial charge in [0.25, 0.3) is 0 Å². The quantitative estimate of drug-likeness (QED) is 0.167. The van der Waals surface area contributed by atoms with Crippen molar-refractivity contribution < 1.29 is 13.9 Å². The molecular weight excluding hydrogens is 497 g/mol. The lowest BCUT2D eigenvalue weighted by molar-refractivity contribution is 0.0524. The lowest BCUT2D eigenvalue weighted by Gasteiger charge is -2.13. The number of halogens is 2. The van der Waals surface area contributed by atoms with Crippen LogP contribution in [-0.2, 0) is 10.5 Å². The van der Waals surface area contributed by atoms with Gasteiger partial charge in [0.05, 0.1) is 12.3 Å².